The van der Waals surface area contributed by atoms with Crippen molar-refractivity contribution in [3.05, 3.63) is 23.8 Å². The molecule has 0 spiro atoms. The summed E-state index contributed by atoms with van der Waals surface area (Å²) in [5.74, 6) is -1.06. The number of amides is 1. The largest absolute Gasteiger partial charge is 0.507 e. The van der Waals surface area contributed by atoms with E-state index in [-0.39, 0.29) is 29.6 Å². The van der Waals surface area contributed by atoms with Gasteiger partial charge in [0.1, 0.15) is 11.3 Å². The molecule has 1 rings (SSSR count). The molecule has 1 atom stereocenters. The molecule has 22 heavy (non-hydrogen) atoms. The number of nitrogens with one attached hydrogen (secondary N) is 1. The Kier molecular flexibility index (Phi) is 8.52. The molecule has 0 fully saturated rings. The summed E-state index contributed by atoms with van der Waals surface area (Å²) in [7, 11) is 0. The van der Waals surface area contributed by atoms with Gasteiger partial charge in [-0.15, -0.1) is 12.4 Å². The zero-order chi connectivity index (χ0) is 16.0. The number of hydrogen-bond acceptors (Lipinski definition) is 5. The second-order valence-corrected chi connectivity index (χ2v) is 4.64. The zero-order valence-electron chi connectivity index (χ0n) is 13.3. The maximum absolute atomic E-state index is 12.1. The highest BCUT2D eigenvalue weighted by atomic mass is 35.5. The van der Waals surface area contributed by atoms with Crippen LogP contribution in [0.4, 0.5) is 5.69 Å². The van der Waals surface area contributed by atoms with Crippen LogP contribution in [0.25, 0.3) is 0 Å². The number of phenols is 1. The van der Waals surface area contributed by atoms with E-state index in [0.29, 0.717) is 5.69 Å². The number of aromatic hydroxyl groups is 1. The van der Waals surface area contributed by atoms with E-state index in [4.69, 9.17) is 4.74 Å². The molecule has 1 aromatic rings. The van der Waals surface area contributed by atoms with Gasteiger partial charge in [0, 0.05) is 12.6 Å². The van der Waals surface area contributed by atoms with Crippen molar-refractivity contribution >= 4 is 30.0 Å². The summed E-state index contributed by atoms with van der Waals surface area (Å²) in [5.41, 5.74) is 0.461. The summed E-state index contributed by atoms with van der Waals surface area (Å²) in [6, 6.07) is 4.26. The Morgan fingerprint density at radius 3 is 2.41 bits per heavy atom. The third kappa shape index (κ3) is 5.54. The second kappa shape index (κ2) is 9.27. The lowest BCUT2D eigenvalue weighted by Gasteiger charge is -2.26. The molecule has 1 amide bonds. The zero-order valence-corrected chi connectivity index (χ0v) is 14.1. The molecular weight excluding hydrogens is 308 g/mol. The number of rotatable bonds is 6. The number of esters is 1. The van der Waals surface area contributed by atoms with E-state index in [1.165, 1.54) is 25.1 Å². The number of carbonyl (C=O) groups excluding carboxylic acids is 2. The average molecular weight is 331 g/mol. The van der Waals surface area contributed by atoms with Crippen LogP contribution in [0.2, 0.25) is 0 Å². The van der Waals surface area contributed by atoms with Gasteiger partial charge in [0.15, 0.2) is 6.23 Å². The summed E-state index contributed by atoms with van der Waals surface area (Å²) in [4.78, 5) is 25.1. The number of ether oxygens (including phenoxy) is 1. The van der Waals surface area contributed by atoms with Gasteiger partial charge in [-0.2, -0.15) is 0 Å². The van der Waals surface area contributed by atoms with E-state index >= 15 is 0 Å². The highest BCUT2D eigenvalue weighted by molar-refractivity contribution is 5.96. The van der Waals surface area contributed by atoms with E-state index < -0.39 is 12.2 Å². The van der Waals surface area contributed by atoms with Crippen LogP contribution in [0.5, 0.6) is 5.75 Å². The summed E-state index contributed by atoms with van der Waals surface area (Å²) < 4.78 is 5.34. The topological polar surface area (TPSA) is 78.9 Å². The normalized spacial score (nSPS) is 11.5. The molecule has 7 heteroatoms. The van der Waals surface area contributed by atoms with Crippen molar-refractivity contribution in [3.8, 4) is 5.75 Å². The van der Waals surface area contributed by atoms with Gasteiger partial charge in [-0.05, 0) is 38.2 Å². The minimum absolute atomic E-state index is 0. The van der Waals surface area contributed by atoms with Crippen LogP contribution < -0.4 is 5.32 Å². The Labute approximate surface area is 136 Å². The minimum atomic E-state index is -0.626. The lowest BCUT2D eigenvalue weighted by Crippen LogP contribution is -2.36. The molecule has 1 aromatic carbocycles. The van der Waals surface area contributed by atoms with E-state index in [0.717, 1.165) is 13.1 Å². The summed E-state index contributed by atoms with van der Waals surface area (Å²) >= 11 is 0. The molecule has 0 radical (unpaired) electrons. The molecule has 6 nitrogen and oxygen atoms in total. The highest BCUT2D eigenvalue weighted by Gasteiger charge is 2.19. The van der Waals surface area contributed by atoms with Crippen molar-refractivity contribution in [2.24, 2.45) is 0 Å². The highest BCUT2D eigenvalue weighted by Crippen LogP contribution is 2.23. The van der Waals surface area contributed by atoms with Crippen molar-refractivity contribution in [3.63, 3.8) is 0 Å². The molecule has 0 saturated heterocycles. The van der Waals surface area contributed by atoms with Gasteiger partial charge in [0.05, 0.1) is 0 Å². The van der Waals surface area contributed by atoms with Gasteiger partial charge >= 0.3 is 5.97 Å². The van der Waals surface area contributed by atoms with Gasteiger partial charge < -0.3 is 15.2 Å². The smallest absolute Gasteiger partial charge is 0.343 e. The molecular formula is C15H23ClN2O4. The van der Waals surface area contributed by atoms with Crippen LogP contribution in [0.1, 0.15) is 38.1 Å². The Hall–Kier alpha value is -1.79. The Bertz CT molecular complexity index is 518. The number of halogens is 1. The first kappa shape index (κ1) is 20.2. The molecule has 0 aliphatic carbocycles. The first-order chi connectivity index (χ1) is 9.88. The first-order valence-electron chi connectivity index (χ1n) is 6.94. The second-order valence-electron chi connectivity index (χ2n) is 4.64. The molecule has 2 N–H and O–H groups in total. The van der Waals surface area contributed by atoms with Crippen LogP contribution in [0.3, 0.4) is 0 Å². The molecule has 0 aliphatic heterocycles. The number of hydrogen-bond donors (Lipinski definition) is 2. The quantitative estimate of drug-likeness (QED) is 0.476. The first-order valence-corrected chi connectivity index (χ1v) is 6.94. The third-order valence-corrected chi connectivity index (χ3v) is 3.14. The Morgan fingerprint density at radius 2 is 1.91 bits per heavy atom. The average Bonchev–Trinajstić information content (AvgIpc) is 2.41. The standard InChI is InChI=1S/C15H22N2O4.ClH/c1-5-17(6-2)11(4)21-15(20)13-9-12(16-10(3)18)7-8-14(13)19;/h7-9,11,19H,5-6H2,1-4H3,(H,16,18);1H. The molecule has 0 aliphatic rings. The Morgan fingerprint density at radius 1 is 1.32 bits per heavy atom. The minimum Gasteiger partial charge on any atom is -0.507 e. The molecule has 0 aromatic heterocycles. The lowest BCUT2D eigenvalue weighted by molar-refractivity contribution is -0.114. The van der Waals surface area contributed by atoms with Crippen molar-refractivity contribution < 1.29 is 19.4 Å². The predicted octanol–water partition coefficient (Wildman–Crippen LogP) is 2.62. The Balaban J connectivity index is 0.00000441. The third-order valence-electron chi connectivity index (χ3n) is 3.14. The molecule has 124 valence electrons. The fourth-order valence-electron chi connectivity index (χ4n) is 2.01. The van der Waals surface area contributed by atoms with Crippen LogP contribution in [0.15, 0.2) is 18.2 Å². The molecule has 0 saturated carbocycles. The van der Waals surface area contributed by atoms with Gasteiger partial charge in [-0.1, -0.05) is 13.8 Å². The van der Waals surface area contributed by atoms with Crippen LogP contribution in [0, 0.1) is 0 Å². The van der Waals surface area contributed by atoms with E-state index in [1.807, 2.05) is 18.7 Å². The summed E-state index contributed by atoms with van der Waals surface area (Å²) in [6.45, 7) is 8.60. The van der Waals surface area contributed by atoms with Crippen LogP contribution in [-0.4, -0.2) is 41.2 Å². The number of nitrogens with zero attached hydrogens (tertiary/aromatic N) is 1. The van der Waals surface area contributed by atoms with Crippen molar-refractivity contribution in [2.45, 2.75) is 33.9 Å². The van der Waals surface area contributed by atoms with Crippen molar-refractivity contribution in [2.75, 3.05) is 18.4 Å². The SMILES string of the molecule is CCN(CC)C(C)OC(=O)c1cc(NC(C)=O)ccc1O.Cl. The number of benzene rings is 1. The van der Waals surface area contributed by atoms with E-state index in [1.54, 1.807) is 6.92 Å². The molecule has 1 unspecified atom stereocenters. The summed E-state index contributed by atoms with van der Waals surface area (Å²) in [5, 5.41) is 12.3. The number of anilines is 1. The lowest BCUT2D eigenvalue weighted by atomic mass is 10.1. The molecule has 0 bridgehead atoms. The van der Waals surface area contributed by atoms with Gasteiger partial charge in [-0.25, -0.2) is 4.79 Å². The maximum Gasteiger partial charge on any atom is 0.343 e. The number of carbonyl (C=O) groups is 2. The maximum atomic E-state index is 12.1. The van der Waals surface area contributed by atoms with Crippen LogP contribution >= 0.6 is 12.4 Å². The predicted molar refractivity (Wildman–Crippen MR) is 87.5 cm³/mol. The van der Waals surface area contributed by atoms with Crippen molar-refractivity contribution in [1.29, 1.82) is 0 Å². The van der Waals surface area contributed by atoms with Gasteiger partial charge in [0.2, 0.25) is 5.91 Å². The fraction of sp³-hybridized carbons (Fsp3) is 0.467. The summed E-state index contributed by atoms with van der Waals surface area (Å²) in [6.07, 6.45) is -0.392. The fourth-order valence-corrected chi connectivity index (χ4v) is 2.01. The number of phenolic OH excluding ortho intramolecular Hbond substituents is 1. The monoisotopic (exact) mass is 330 g/mol. The van der Waals surface area contributed by atoms with Crippen molar-refractivity contribution in [1.82, 2.24) is 4.90 Å². The van der Waals surface area contributed by atoms with Crippen LogP contribution in [-0.2, 0) is 9.53 Å². The van der Waals surface area contributed by atoms with E-state index in [2.05, 4.69) is 5.32 Å². The van der Waals surface area contributed by atoms with Gasteiger partial charge in [-0.3, -0.25) is 9.69 Å². The van der Waals surface area contributed by atoms with E-state index in [9.17, 15) is 14.7 Å². The molecule has 0 heterocycles. The van der Waals surface area contributed by atoms with Gasteiger partial charge in [0.25, 0.3) is 0 Å².